The summed E-state index contributed by atoms with van der Waals surface area (Å²) in [5.74, 6) is 1.57. The largest absolute Gasteiger partial charge is 0.378 e. The Morgan fingerprint density at radius 1 is 1.43 bits per heavy atom. The molecule has 2 atom stereocenters. The van der Waals surface area contributed by atoms with Crippen LogP contribution in [0.15, 0.2) is 12.4 Å². The molecular weight excluding hydrogens is 290 g/mol. The summed E-state index contributed by atoms with van der Waals surface area (Å²) < 4.78 is 34.4. The summed E-state index contributed by atoms with van der Waals surface area (Å²) in [5.41, 5.74) is 0. The lowest BCUT2D eigenvalue weighted by atomic mass is 9.98. The molecule has 2 aliphatic rings. The second-order valence-corrected chi connectivity index (χ2v) is 7.91. The van der Waals surface area contributed by atoms with Crippen molar-refractivity contribution in [2.45, 2.75) is 44.8 Å². The van der Waals surface area contributed by atoms with Crippen molar-refractivity contribution in [1.29, 1.82) is 0 Å². The first-order chi connectivity index (χ1) is 10.1. The van der Waals surface area contributed by atoms with E-state index in [4.69, 9.17) is 4.74 Å². The number of nitrogens with one attached hydrogen (secondary N) is 1. The fourth-order valence-corrected chi connectivity index (χ4v) is 4.27. The summed E-state index contributed by atoms with van der Waals surface area (Å²) in [6.45, 7) is 2.21. The van der Waals surface area contributed by atoms with E-state index >= 15 is 0 Å². The molecule has 0 bridgehead atoms. The van der Waals surface area contributed by atoms with Gasteiger partial charge in [-0.05, 0) is 31.6 Å². The number of hydrogen-bond acceptors (Lipinski definition) is 4. The highest BCUT2D eigenvalue weighted by atomic mass is 32.2. The third-order valence-corrected chi connectivity index (χ3v) is 5.76. The smallest absolute Gasteiger partial charge is 0.211 e. The SMILES string of the molecule is O=S(=O)(CC[C@H]1CCCO1)NC[C@H]1CCn2ccnc2C1. The van der Waals surface area contributed by atoms with Gasteiger partial charge in [-0.1, -0.05) is 0 Å². The molecule has 7 heteroatoms. The first kappa shape index (κ1) is 15.0. The Kier molecular flexibility index (Phi) is 4.61. The molecule has 3 heterocycles. The Hall–Kier alpha value is -0.920. The molecule has 0 unspecified atom stereocenters. The van der Waals surface area contributed by atoms with Crippen LogP contribution in [-0.2, 0) is 27.7 Å². The second-order valence-electron chi connectivity index (χ2n) is 5.99. The minimum Gasteiger partial charge on any atom is -0.378 e. The van der Waals surface area contributed by atoms with Crippen LogP contribution in [0.1, 0.15) is 31.5 Å². The molecule has 0 amide bonds. The minimum absolute atomic E-state index is 0.128. The predicted octanol–water partition coefficient (Wildman–Crippen LogP) is 0.934. The van der Waals surface area contributed by atoms with E-state index in [-0.39, 0.29) is 11.9 Å². The topological polar surface area (TPSA) is 73.2 Å². The number of nitrogens with zero attached hydrogens (tertiary/aromatic N) is 2. The summed E-state index contributed by atoms with van der Waals surface area (Å²) in [6.07, 6.45) is 8.40. The summed E-state index contributed by atoms with van der Waals surface area (Å²) in [5, 5.41) is 0. The lowest BCUT2D eigenvalue weighted by molar-refractivity contribution is 0.109. The maximum Gasteiger partial charge on any atom is 0.211 e. The number of rotatable bonds is 6. The summed E-state index contributed by atoms with van der Waals surface area (Å²) in [4.78, 5) is 4.31. The van der Waals surface area contributed by atoms with Gasteiger partial charge in [-0.15, -0.1) is 0 Å². The van der Waals surface area contributed by atoms with Gasteiger partial charge in [-0.25, -0.2) is 18.1 Å². The van der Waals surface area contributed by atoms with Crippen LogP contribution >= 0.6 is 0 Å². The van der Waals surface area contributed by atoms with Crippen molar-refractivity contribution < 1.29 is 13.2 Å². The zero-order chi connectivity index (χ0) is 14.7. The van der Waals surface area contributed by atoms with Crippen LogP contribution in [0.2, 0.25) is 0 Å². The van der Waals surface area contributed by atoms with Gasteiger partial charge in [0.2, 0.25) is 10.0 Å². The van der Waals surface area contributed by atoms with Crippen LogP contribution in [0.3, 0.4) is 0 Å². The van der Waals surface area contributed by atoms with Gasteiger partial charge >= 0.3 is 0 Å². The Morgan fingerprint density at radius 3 is 3.14 bits per heavy atom. The molecule has 3 rings (SSSR count). The highest BCUT2D eigenvalue weighted by Gasteiger charge is 2.23. The zero-order valence-electron chi connectivity index (χ0n) is 12.2. The normalized spacial score (nSPS) is 25.9. The molecule has 0 spiro atoms. The van der Waals surface area contributed by atoms with Gasteiger partial charge < -0.3 is 9.30 Å². The van der Waals surface area contributed by atoms with E-state index in [0.29, 0.717) is 18.9 Å². The highest BCUT2D eigenvalue weighted by molar-refractivity contribution is 7.89. The number of aryl methyl sites for hydroxylation is 1. The van der Waals surface area contributed by atoms with E-state index < -0.39 is 10.0 Å². The molecule has 0 saturated carbocycles. The van der Waals surface area contributed by atoms with Crippen LogP contribution in [0, 0.1) is 5.92 Å². The van der Waals surface area contributed by atoms with Crippen LogP contribution in [0.25, 0.3) is 0 Å². The van der Waals surface area contributed by atoms with Crippen molar-refractivity contribution in [3.63, 3.8) is 0 Å². The number of fused-ring (bicyclic) bond motifs is 1. The first-order valence-corrected chi connectivity index (χ1v) is 9.36. The molecular formula is C14H23N3O3S. The number of hydrogen-bond donors (Lipinski definition) is 1. The number of ether oxygens (including phenoxy) is 1. The quantitative estimate of drug-likeness (QED) is 0.848. The van der Waals surface area contributed by atoms with E-state index in [1.54, 1.807) is 0 Å². The number of aromatic nitrogens is 2. The van der Waals surface area contributed by atoms with Gasteiger partial charge in [0.25, 0.3) is 0 Å². The molecule has 1 N–H and O–H groups in total. The summed E-state index contributed by atoms with van der Waals surface area (Å²) in [6, 6.07) is 0. The van der Waals surface area contributed by atoms with E-state index in [1.807, 2.05) is 12.4 Å². The average Bonchev–Trinajstić information content (AvgIpc) is 3.13. The van der Waals surface area contributed by atoms with Crippen LogP contribution in [0.4, 0.5) is 0 Å². The maximum atomic E-state index is 12.0. The summed E-state index contributed by atoms with van der Waals surface area (Å²) >= 11 is 0. The number of imidazole rings is 1. The average molecular weight is 313 g/mol. The fourth-order valence-electron chi connectivity index (χ4n) is 3.07. The van der Waals surface area contributed by atoms with Crippen molar-refractivity contribution >= 4 is 10.0 Å². The molecule has 0 aromatic carbocycles. The van der Waals surface area contributed by atoms with Gasteiger partial charge in [0.1, 0.15) is 5.82 Å². The van der Waals surface area contributed by atoms with Crippen LogP contribution < -0.4 is 4.72 Å². The molecule has 21 heavy (non-hydrogen) atoms. The molecule has 1 fully saturated rings. The van der Waals surface area contributed by atoms with Crippen LogP contribution in [0.5, 0.6) is 0 Å². The van der Waals surface area contributed by atoms with Crippen molar-refractivity contribution in [2.24, 2.45) is 5.92 Å². The standard InChI is InChI=1S/C14H23N3O3S/c18-21(19,9-4-13-2-1-8-20-13)16-11-12-3-6-17-7-5-15-14(17)10-12/h5,7,12-13,16H,1-4,6,8-11H2/t12-,13+/m0/s1. The second kappa shape index (κ2) is 6.46. The Bertz CT molecular complexity index is 564. The molecule has 6 nitrogen and oxygen atoms in total. The molecule has 0 aliphatic carbocycles. The van der Waals surface area contributed by atoms with Gasteiger partial charge in [-0.2, -0.15) is 0 Å². The Morgan fingerprint density at radius 2 is 2.33 bits per heavy atom. The third-order valence-electron chi connectivity index (χ3n) is 4.38. The third kappa shape index (κ3) is 4.05. The van der Waals surface area contributed by atoms with Gasteiger partial charge in [0.15, 0.2) is 0 Å². The lowest BCUT2D eigenvalue weighted by Gasteiger charge is -2.23. The van der Waals surface area contributed by atoms with E-state index in [0.717, 1.165) is 44.7 Å². The molecule has 1 aromatic heterocycles. The lowest BCUT2D eigenvalue weighted by Crippen LogP contribution is -2.35. The van der Waals surface area contributed by atoms with Crippen molar-refractivity contribution in [2.75, 3.05) is 18.9 Å². The maximum absolute atomic E-state index is 12.0. The van der Waals surface area contributed by atoms with Gasteiger partial charge in [-0.3, -0.25) is 0 Å². The Labute approximate surface area is 125 Å². The monoisotopic (exact) mass is 313 g/mol. The van der Waals surface area contributed by atoms with Gasteiger partial charge in [0.05, 0.1) is 11.9 Å². The van der Waals surface area contributed by atoms with Crippen molar-refractivity contribution in [3.05, 3.63) is 18.2 Å². The van der Waals surface area contributed by atoms with Crippen molar-refractivity contribution in [3.8, 4) is 0 Å². The van der Waals surface area contributed by atoms with E-state index in [9.17, 15) is 8.42 Å². The summed E-state index contributed by atoms with van der Waals surface area (Å²) in [7, 11) is -3.19. The highest BCUT2D eigenvalue weighted by Crippen LogP contribution is 2.19. The van der Waals surface area contributed by atoms with E-state index in [2.05, 4.69) is 14.3 Å². The molecule has 1 saturated heterocycles. The van der Waals surface area contributed by atoms with Crippen LogP contribution in [-0.4, -0.2) is 43.0 Å². The molecule has 2 aliphatic heterocycles. The molecule has 1 aromatic rings. The van der Waals surface area contributed by atoms with E-state index in [1.165, 1.54) is 0 Å². The number of sulfonamides is 1. The fraction of sp³-hybridized carbons (Fsp3) is 0.786. The molecule has 118 valence electrons. The Balaban J connectivity index is 1.43. The molecule has 0 radical (unpaired) electrons. The first-order valence-electron chi connectivity index (χ1n) is 7.71. The zero-order valence-corrected chi connectivity index (χ0v) is 13.0. The van der Waals surface area contributed by atoms with Gasteiger partial charge in [0, 0.05) is 38.5 Å². The predicted molar refractivity (Wildman–Crippen MR) is 79.4 cm³/mol. The minimum atomic E-state index is -3.19. The van der Waals surface area contributed by atoms with Crippen molar-refractivity contribution in [1.82, 2.24) is 14.3 Å².